The van der Waals surface area contributed by atoms with Crippen molar-refractivity contribution in [2.75, 3.05) is 9.80 Å². The molecule has 0 bridgehead atoms. The van der Waals surface area contributed by atoms with Gasteiger partial charge in [0.25, 0.3) is 5.91 Å². The number of carboxylic acids is 1. The second-order valence-electron chi connectivity index (χ2n) is 10.0. The number of carboxylic acid groups (broad SMARTS) is 1. The molecule has 2 amide bonds. The van der Waals surface area contributed by atoms with Crippen LogP contribution in [0.3, 0.4) is 0 Å². The number of carbonyl (C=O) groups is 3. The second-order valence-corrected chi connectivity index (χ2v) is 10.5. The summed E-state index contributed by atoms with van der Waals surface area (Å²) in [5.41, 5.74) is 0.629. The molecule has 0 fully saturated rings. The number of benzene rings is 3. The van der Waals surface area contributed by atoms with Gasteiger partial charge in [-0.15, -0.1) is 0 Å². The first-order chi connectivity index (χ1) is 18.4. The number of ether oxygens (including phenoxy) is 1. The van der Waals surface area contributed by atoms with Crippen LogP contribution < -0.4 is 14.5 Å². The van der Waals surface area contributed by atoms with Gasteiger partial charge in [-0.3, -0.25) is 9.59 Å². The van der Waals surface area contributed by atoms with Crippen molar-refractivity contribution in [2.45, 2.75) is 58.2 Å². The highest BCUT2D eigenvalue weighted by atomic mass is 35.5. The number of hydrogen-bond acceptors (Lipinski definition) is 4. The number of hydrogen-bond donors (Lipinski definition) is 1. The summed E-state index contributed by atoms with van der Waals surface area (Å²) in [5.74, 6) is -1.74. The molecule has 0 aliphatic carbocycles. The Hall–Kier alpha value is -3.91. The minimum absolute atomic E-state index is 0.129. The third-order valence-electron chi connectivity index (χ3n) is 6.81. The molecule has 0 radical (unpaired) electrons. The van der Waals surface area contributed by atoms with Crippen molar-refractivity contribution in [3.63, 3.8) is 0 Å². The average molecular weight is 553 g/mol. The van der Waals surface area contributed by atoms with E-state index in [2.05, 4.69) is 0 Å². The molecule has 4 rings (SSSR count). The van der Waals surface area contributed by atoms with E-state index in [1.807, 2.05) is 6.92 Å². The lowest BCUT2D eigenvalue weighted by Crippen LogP contribution is -2.48. The molecular weight excluding hydrogens is 523 g/mol. The van der Waals surface area contributed by atoms with Crippen LogP contribution in [0.4, 0.5) is 15.8 Å². The summed E-state index contributed by atoms with van der Waals surface area (Å²) in [7, 11) is 0. The topological polar surface area (TPSA) is 87.2 Å². The Labute approximate surface area is 231 Å². The van der Waals surface area contributed by atoms with E-state index in [0.29, 0.717) is 33.9 Å². The van der Waals surface area contributed by atoms with Crippen LogP contribution in [0.1, 0.15) is 62.5 Å². The number of anilines is 2. The van der Waals surface area contributed by atoms with Gasteiger partial charge >= 0.3 is 5.97 Å². The zero-order valence-electron chi connectivity index (χ0n) is 22.2. The SMILES string of the molecule is CCC(=O)N(c1ccc(Cl)cc1)[C@H]1C[C@@H](C)N(C(=O)c2ccc(F)cc2)c2ccc(OC(C)(C)C(=O)O)cc21. The van der Waals surface area contributed by atoms with Crippen molar-refractivity contribution in [1.82, 2.24) is 0 Å². The molecule has 2 atom stereocenters. The molecule has 0 spiro atoms. The predicted octanol–water partition coefficient (Wildman–Crippen LogP) is 6.64. The first kappa shape index (κ1) is 28.1. The maximum absolute atomic E-state index is 13.7. The van der Waals surface area contributed by atoms with E-state index in [0.717, 1.165) is 0 Å². The summed E-state index contributed by atoms with van der Waals surface area (Å²) >= 11 is 6.11. The molecule has 3 aromatic rings. The molecule has 0 saturated heterocycles. The van der Waals surface area contributed by atoms with Crippen molar-refractivity contribution < 1.29 is 28.6 Å². The number of nitrogens with zero attached hydrogens (tertiary/aromatic N) is 2. The van der Waals surface area contributed by atoms with Gasteiger partial charge in [-0.2, -0.15) is 0 Å². The molecule has 7 nitrogen and oxygen atoms in total. The third kappa shape index (κ3) is 5.76. The van der Waals surface area contributed by atoms with Crippen molar-refractivity contribution in [1.29, 1.82) is 0 Å². The lowest BCUT2D eigenvalue weighted by Gasteiger charge is -2.44. The molecule has 0 saturated carbocycles. The highest BCUT2D eigenvalue weighted by Gasteiger charge is 2.39. The smallest absolute Gasteiger partial charge is 0.347 e. The summed E-state index contributed by atoms with van der Waals surface area (Å²) < 4.78 is 19.4. The van der Waals surface area contributed by atoms with Gasteiger partial charge in [0.2, 0.25) is 5.91 Å². The number of rotatable bonds is 7. The molecule has 0 aromatic heterocycles. The fourth-order valence-corrected chi connectivity index (χ4v) is 4.89. The minimum atomic E-state index is -1.51. The van der Waals surface area contributed by atoms with E-state index >= 15 is 0 Å². The van der Waals surface area contributed by atoms with Crippen LogP contribution in [0.5, 0.6) is 5.75 Å². The summed E-state index contributed by atoms with van der Waals surface area (Å²) in [6, 6.07) is 16.5. The normalized spacial score (nSPS) is 16.8. The fourth-order valence-electron chi connectivity index (χ4n) is 4.77. The van der Waals surface area contributed by atoms with Crippen molar-refractivity contribution in [3.8, 4) is 5.75 Å². The molecule has 1 N–H and O–H groups in total. The molecule has 1 heterocycles. The summed E-state index contributed by atoms with van der Waals surface area (Å²) in [6.07, 6.45) is 0.628. The molecule has 9 heteroatoms. The highest BCUT2D eigenvalue weighted by Crippen LogP contribution is 2.45. The van der Waals surface area contributed by atoms with E-state index in [1.54, 1.807) is 59.2 Å². The second kappa shape index (κ2) is 11.1. The van der Waals surface area contributed by atoms with Crippen LogP contribution in [-0.2, 0) is 9.59 Å². The monoisotopic (exact) mass is 552 g/mol. The van der Waals surface area contributed by atoms with Crippen LogP contribution in [0, 0.1) is 5.82 Å². The van der Waals surface area contributed by atoms with Gasteiger partial charge in [0.15, 0.2) is 5.60 Å². The third-order valence-corrected chi connectivity index (χ3v) is 7.06. The van der Waals surface area contributed by atoms with Crippen LogP contribution in [-0.4, -0.2) is 34.5 Å². The Morgan fingerprint density at radius 3 is 2.31 bits per heavy atom. The van der Waals surface area contributed by atoms with E-state index < -0.39 is 23.4 Å². The van der Waals surface area contributed by atoms with Gasteiger partial charge in [-0.05, 0) is 93.9 Å². The summed E-state index contributed by atoms with van der Waals surface area (Å²) in [5, 5.41) is 10.1. The first-order valence-electron chi connectivity index (χ1n) is 12.7. The van der Waals surface area contributed by atoms with Gasteiger partial charge < -0.3 is 19.6 Å². The summed E-state index contributed by atoms with van der Waals surface area (Å²) in [6.45, 7) is 6.56. The Kier molecular flexibility index (Phi) is 7.97. The maximum Gasteiger partial charge on any atom is 0.347 e. The van der Waals surface area contributed by atoms with E-state index in [-0.39, 0.29) is 30.0 Å². The van der Waals surface area contributed by atoms with Crippen LogP contribution in [0.15, 0.2) is 66.7 Å². The molecule has 39 heavy (non-hydrogen) atoms. The van der Waals surface area contributed by atoms with Crippen molar-refractivity contribution >= 4 is 40.8 Å². The predicted molar refractivity (Wildman–Crippen MR) is 148 cm³/mol. The number of fused-ring (bicyclic) bond motifs is 1. The minimum Gasteiger partial charge on any atom is -0.478 e. The summed E-state index contributed by atoms with van der Waals surface area (Å²) in [4.78, 5) is 42.1. The number of carbonyl (C=O) groups excluding carboxylic acids is 2. The first-order valence-corrected chi connectivity index (χ1v) is 13.0. The average Bonchev–Trinajstić information content (AvgIpc) is 2.89. The van der Waals surface area contributed by atoms with Crippen molar-refractivity contribution in [2.24, 2.45) is 0 Å². The Balaban J connectivity index is 1.87. The van der Waals surface area contributed by atoms with Gasteiger partial charge in [0.05, 0.1) is 6.04 Å². The largest absolute Gasteiger partial charge is 0.478 e. The Morgan fingerprint density at radius 2 is 1.72 bits per heavy atom. The van der Waals surface area contributed by atoms with E-state index in [9.17, 15) is 23.9 Å². The van der Waals surface area contributed by atoms with Crippen molar-refractivity contribution in [3.05, 3.63) is 88.7 Å². The lowest BCUT2D eigenvalue weighted by atomic mass is 9.89. The van der Waals surface area contributed by atoms with Gasteiger partial charge in [-0.25, -0.2) is 9.18 Å². The fraction of sp³-hybridized carbons (Fsp3) is 0.300. The molecule has 1 aliphatic rings. The van der Waals surface area contributed by atoms with Crippen LogP contribution in [0.25, 0.3) is 0 Å². The molecule has 204 valence electrons. The molecule has 1 aliphatic heterocycles. The number of aliphatic carboxylic acids is 1. The molecule has 0 unspecified atom stereocenters. The highest BCUT2D eigenvalue weighted by molar-refractivity contribution is 6.30. The Morgan fingerprint density at radius 1 is 1.08 bits per heavy atom. The van der Waals surface area contributed by atoms with E-state index in [1.165, 1.54) is 38.1 Å². The molecule has 3 aromatic carbocycles. The zero-order valence-corrected chi connectivity index (χ0v) is 22.9. The standard InChI is InChI=1S/C30H30ClFN2O5/c1-5-27(35)34(22-12-8-20(31)9-13-22)26-16-18(2)33(28(36)19-6-10-21(32)11-7-19)25-15-14-23(17-24(25)26)39-30(3,4)29(37)38/h6-15,17-18,26H,5,16H2,1-4H3,(H,37,38)/t18-,26+/m1/s1. The van der Waals surface area contributed by atoms with E-state index in [4.69, 9.17) is 16.3 Å². The van der Waals surface area contributed by atoms with Crippen LogP contribution >= 0.6 is 11.6 Å². The lowest BCUT2D eigenvalue weighted by molar-refractivity contribution is -0.152. The molecular formula is C30H30ClFN2O5. The zero-order chi connectivity index (χ0) is 28.5. The van der Waals surface area contributed by atoms with Gasteiger partial charge in [0, 0.05) is 40.0 Å². The number of halogens is 2. The van der Waals surface area contributed by atoms with Gasteiger partial charge in [0.1, 0.15) is 11.6 Å². The number of amides is 2. The Bertz CT molecular complexity index is 1390. The maximum atomic E-state index is 13.7. The van der Waals surface area contributed by atoms with Crippen LogP contribution in [0.2, 0.25) is 5.02 Å². The van der Waals surface area contributed by atoms with Gasteiger partial charge in [-0.1, -0.05) is 18.5 Å². The quantitative estimate of drug-likeness (QED) is 0.355.